The molecule has 0 N–H and O–H groups in total. The van der Waals surface area contributed by atoms with E-state index in [-0.39, 0.29) is 0 Å². The zero-order valence-electron chi connectivity index (χ0n) is 31.6. The number of thiophene rings is 1. The van der Waals surface area contributed by atoms with Gasteiger partial charge in [-0.25, -0.2) is 0 Å². The summed E-state index contributed by atoms with van der Waals surface area (Å²) < 4.78 is 1.25. The summed E-state index contributed by atoms with van der Waals surface area (Å²) in [5.41, 5.74) is 8.14. The van der Waals surface area contributed by atoms with Crippen molar-refractivity contribution in [3.8, 4) is 22.3 Å². The summed E-state index contributed by atoms with van der Waals surface area (Å²) in [6, 6.07) is 79.5. The van der Waals surface area contributed by atoms with Crippen LogP contribution >= 0.6 is 11.3 Å². The molecule has 1 aromatic heterocycles. The van der Waals surface area contributed by atoms with Crippen molar-refractivity contribution in [2.45, 2.75) is 0 Å². The Hall–Kier alpha value is -6.78. The predicted molar refractivity (Wildman–Crippen MR) is 250 cm³/mol. The molecule has 9 aromatic rings. The molecule has 3 heteroatoms. The first-order chi connectivity index (χ1) is 28.2. The van der Waals surface area contributed by atoms with Gasteiger partial charge < -0.3 is 4.90 Å². The second kappa shape index (κ2) is 16.1. The van der Waals surface area contributed by atoms with E-state index in [2.05, 4.69) is 242 Å². The average Bonchev–Trinajstić information content (AvgIpc) is 3.65. The number of hydrogen-bond acceptors (Lipinski definition) is 2. The predicted octanol–water partition coefficient (Wildman–Crippen LogP) is 12.1. The zero-order valence-corrected chi connectivity index (χ0v) is 33.4. The fourth-order valence-corrected chi connectivity index (χ4v) is 14.1. The largest absolute Gasteiger partial charge is 0.317 e. The maximum Gasteiger partial charge on any atom is 0.179 e. The molecule has 9 rings (SSSR count). The molecular weight excluding hydrogens is 723 g/mol. The molecule has 0 spiro atoms. The summed E-state index contributed by atoms with van der Waals surface area (Å²) in [4.78, 5) is 3.52. The number of anilines is 2. The Bertz CT molecular complexity index is 2700. The summed E-state index contributed by atoms with van der Waals surface area (Å²) in [7, 11) is -2.76. The third kappa shape index (κ3) is 7.00. The van der Waals surface area contributed by atoms with E-state index in [4.69, 9.17) is 0 Å². The van der Waals surface area contributed by atoms with Crippen molar-refractivity contribution < 1.29 is 0 Å². The third-order valence-corrected chi connectivity index (χ3v) is 16.8. The normalized spacial score (nSPS) is 11.5. The molecule has 0 saturated carbocycles. The molecule has 0 amide bonds. The van der Waals surface area contributed by atoms with Crippen molar-refractivity contribution in [1.82, 2.24) is 0 Å². The molecular formula is C54H41NSSi. The first-order valence-corrected chi connectivity index (χ1v) is 22.2. The van der Waals surface area contributed by atoms with Crippen LogP contribution < -0.4 is 25.6 Å². The van der Waals surface area contributed by atoms with Gasteiger partial charge in [-0.2, -0.15) is 0 Å². The van der Waals surface area contributed by atoms with Gasteiger partial charge in [0.1, 0.15) is 0 Å². The van der Waals surface area contributed by atoms with Gasteiger partial charge in [0.15, 0.2) is 8.07 Å². The number of benzene rings is 8. The SMILES string of the molecule is C=Cc1c(/C=C/N(c2cccc(-c3ccccc3)c2)c2cccc([Si](c3ccccc3)(c3ccccc3)c3ccccc3)c2)sc2cc(-c3ccccc3)ccc12. The number of hydrogen-bond donors (Lipinski definition) is 0. The van der Waals surface area contributed by atoms with Crippen LogP contribution in [0.25, 0.3) is 44.5 Å². The van der Waals surface area contributed by atoms with Gasteiger partial charge in [0, 0.05) is 32.5 Å². The van der Waals surface area contributed by atoms with Gasteiger partial charge in [-0.1, -0.05) is 201 Å². The van der Waals surface area contributed by atoms with Crippen LogP contribution in [-0.2, 0) is 0 Å². The average molecular weight is 764 g/mol. The number of fused-ring (bicyclic) bond motifs is 1. The van der Waals surface area contributed by atoms with Crippen LogP contribution in [0.4, 0.5) is 11.4 Å². The minimum atomic E-state index is -2.76. The molecule has 0 fully saturated rings. The van der Waals surface area contributed by atoms with Crippen molar-refractivity contribution in [3.63, 3.8) is 0 Å². The standard InChI is InChI=1S/C54H41NSSi/c1-2-51-52-35-34-44(42-22-10-4-11-23-42)39-54(52)56-53(51)36-37-55(45-25-18-24-43(38-45)41-20-8-3-9-21-41)46-26-19-33-50(40-46)57(47-27-12-5-13-28-47,48-29-14-6-15-30-48)49-31-16-7-17-32-49/h2-40H,1H2/b37-36+. The molecule has 272 valence electrons. The molecule has 0 unspecified atom stereocenters. The molecule has 0 aliphatic heterocycles. The summed E-state index contributed by atoms with van der Waals surface area (Å²) in [5.74, 6) is 0. The quantitative estimate of drug-likeness (QED) is 0.0937. The lowest BCUT2D eigenvalue weighted by Gasteiger charge is -2.35. The van der Waals surface area contributed by atoms with E-state index >= 15 is 0 Å². The summed E-state index contributed by atoms with van der Waals surface area (Å²) in [6.07, 6.45) is 6.51. The lowest BCUT2D eigenvalue weighted by atomic mass is 10.0. The molecule has 1 nitrogen and oxygen atoms in total. The van der Waals surface area contributed by atoms with E-state index in [9.17, 15) is 0 Å². The second-order valence-corrected chi connectivity index (χ2v) is 19.1. The lowest BCUT2D eigenvalue weighted by Crippen LogP contribution is -2.74. The highest BCUT2D eigenvalue weighted by Gasteiger charge is 2.41. The smallest absolute Gasteiger partial charge is 0.179 e. The molecule has 0 radical (unpaired) electrons. The van der Waals surface area contributed by atoms with Gasteiger partial charge in [0.05, 0.1) is 0 Å². The van der Waals surface area contributed by atoms with Crippen molar-refractivity contribution in [1.29, 1.82) is 0 Å². The van der Waals surface area contributed by atoms with Crippen LogP contribution in [0.3, 0.4) is 0 Å². The van der Waals surface area contributed by atoms with Gasteiger partial charge in [-0.05, 0) is 85.0 Å². The molecule has 8 aromatic carbocycles. The minimum absolute atomic E-state index is 1.09. The van der Waals surface area contributed by atoms with Crippen LogP contribution in [0.1, 0.15) is 10.4 Å². The highest BCUT2D eigenvalue weighted by molar-refractivity contribution is 7.20. The Balaban J connectivity index is 1.23. The van der Waals surface area contributed by atoms with Gasteiger partial charge in [0.25, 0.3) is 0 Å². The van der Waals surface area contributed by atoms with Crippen LogP contribution in [0.5, 0.6) is 0 Å². The second-order valence-electron chi connectivity index (χ2n) is 14.2. The van der Waals surface area contributed by atoms with Gasteiger partial charge in [-0.15, -0.1) is 11.3 Å². The number of nitrogens with zero attached hydrogens (tertiary/aromatic N) is 1. The first kappa shape index (κ1) is 35.9. The number of rotatable bonds is 11. The van der Waals surface area contributed by atoms with E-state index in [1.165, 1.54) is 58.0 Å². The molecule has 57 heavy (non-hydrogen) atoms. The molecule has 0 aliphatic carbocycles. The van der Waals surface area contributed by atoms with Crippen molar-refractivity contribution >= 4 is 73.8 Å². The summed E-state index contributed by atoms with van der Waals surface area (Å²) >= 11 is 1.81. The van der Waals surface area contributed by atoms with E-state index in [0.717, 1.165) is 16.9 Å². The molecule has 1 heterocycles. The van der Waals surface area contributed by atoms with Crippen LogP contribution in [0, 0.1) is 0 Å². The molecule has 0 saturated heterocycles. The van der Waals surface area contributed by atoms with Crippen LogP contribution in [0.2, 0.25) is 0 Å². The third-order valence-electron chi connectivity index (χ3n) is 10.9. The van der Waals surface area contributed by atoms with Gasteiger partial charge >= 0.3 is 0 Å². The van der Waals surface area contributed by atoms with E-state index in [0.29, 0.717) is 0 Å². The molecule has 0 aliphatic rings. The summed E-state index contributed by atoms with van der Waals surface area (Å²) in [6.45, 7) is 4.27. The Labute approximate surface area is 340 Å². The van der Waals surface area contributed by atoms with Crippen molar-refractivity contribution in [3.05, 3.63) is 242 Å². The van der Waals surface area contributed by atoms with E-state index < -0.39 is 8.07 Å². The molecule has 0 bridgehead atoms. The van der Waals surface area contributed by atoms with Gasteiger partial charge in [-0.3, -0.25) is 0 Å². The van der Waals surface area contributed by atoms with Crippen LogP contribution in [-0.4, -0.2) is 8.07 Å². The van der Waals surface area contributed by atoms with Crippen molar-refractivity contribution in [2.24, 2.45) is 0 Å². The highest BCUT2D eigenvalue weighted by Crippen LogP contribution is 2.37. The van der Waals surface area contributed by atoms with Crippen molar-refractivity contribution in [2.75, 3.05) is 4.90 Å². The first-order valence-electron chi connectivity index (χ1n) is 19.4. The zero-order chi connectivity index (χ0) is 38.4. The fourth-order valence-electron chi connectivity index (χ4n) is 8.16. The Morgan fingerprint density at radius 1 is 0.421 bits per heavy atom. The Morgan fingerprint density at radius 3 is 1.42 bits per heavy atom. The van der Waals surface area contributed by atoms with E-state index in [1.807, 2.05) is 17.4 Å². The molecule has 0 atom stereocenters. The maximum absolute atomic E-state index is 4.27. The lowest BCUT2D eigenvalue weighted by molar-refractivity contribution is 1.29. The van der Waals surface area contributed by atoms with E-state index in [1.54, 1.807) is 0 Å². The minimum Gasteiger partial charge on any atom is -0.317 e. The monoisotopic (exact) mass is 763 g/mol. The highest BCUT2D eigenvalue weighted by atomic mass is 32.1. The van der Waals surface area contributed by atoms with Crippen LogP contribution in [0.15, 0.2) is 231 Å². The Morgan fingerprint density at radius 2 is 0.877 bits per heavy atom. The topological polar surface area (TPSA) is 3.24 Å². The summed E-state index contributed by atoms with van der Waals surface area (Å²) in [5, 5.41) is 6.59. The maximum atomic E-state index is 4.27. The fraction of sp³-hybridized carbons (Fsp3) is 0. The van der Waals surface area contributed by atoms with Gasteiger partial charge in [0.2, 0.25) is 0 Å². The Kier molecular flexibility index (Phi) is 10.2.